The van der Waals surface area contributed by atoms with Crippen LogP contribution in [0.15, 0.2) is 124 Å². The number of allylic oxidation sites excluding steroid dienone is 5. The molecule has 0 saturated heterocycles. The maximum absolute atomic E-state index is 6.58. The molecule has 0 saturated carbocycles. The molecule has 2 unspecified atom stereocenters. The number of hydrogen-bond acceptors (Lipinski definition) is 2. The summed E-state index contributed by atoms with van der Waals surface area (Å²) in [6.07, 6.45) is 20.7. The van der Waals surface area contributed by atoms with Gasteiger partial charge in [0.15, 0.2) is 0 Å². The van der Waals surface area contributed by atoms with Crippen molar-refractivity contribution in [1.29, 1.82) is 0 Å². The highest BCUT2D eigenvalue weighted by Crippen LogP contribution is 2.55. The fraction of sp³-hybridized carbons (Fsp3) is 0.174. The van der Waals surface area contributed by atoms with Gasteiger partial charge < -0.3 is 8.83 Å². The van der Waals surface area contributed by atoms with Gasteiger partial charge in [-0.25, -0.2) is 0 Å². The molecule has 0 N–H and O–H groups in total. The molecular formula is C46H34O2. The van der Waals surface area contributed by atoms with Crippen LogP contribution in [0, 0.1) is 5.92 Å². The minimum atomic E-state index is 0.218. The minimum Gasteiger partial charge on any atom is -0.456 e. The van der Waals surface area contributed by atoms with Gasteiger partial charge >= 0.3 is 0 Å². The summed E-state index contributed by atoms with van der Waals surface area (Å²) in [5.74, 6) is 0.495. The first-order chi connectivity index (χ1) is 23.8. The van der Waals surface area contributed by atoms with Crippen molar-refractivity contribution in [2.75, 3.05) is 0 Å². The first-order valence-corrected chi connectivity index (χ1v) is 17.6. The van der Waals surface area contributed by atoms with Gasteiger partial charge in [-0.2, -0.15) is 0 Å². The summed E-state index contributed by atoms with van der Waals surface area (Å²) >= 11 is 0. The molecule has 0 bridgehead atoms. The number of fused-ring (bicyclic) bond motifs is 12. The second kappa shape index (κ2) is 10.1. The second-order valence-electron chi connectivity index (χ2n) is 14.0. The van der Waals surface area contributed by atoms with Crippen molar-refractivity contribution in [3.63, 3.8) is 0 Å². The van der Waals surface area contributed by atoms with Crippen molar-refractivity contribution in [3.05, 3.63) is 159 Å². The molecule has 5 aromatic carbocycles. The van der Waals surface area contributed by atoms with Crippen LogP contribution in [0.5, 0.6) is 0 Å². The average Bonchev–Trinajstić information content (AvgIpc) is 3.72. The Morgan fingerprint density at radius 2 is 1.15 bits per heavy atom. The van der Waals surface area contributed by atoms with Crippen LogP contribution in [0.4, 0.5) is 0 Å². The molecule has 11 rings (SSSR count). The summed E-state index contributed by atoms with van der Waals surface area (Å²) in [6.45, 7) is 0. The zero-order chi connectivity index (χ0) is 31.3. The molecule has 0 amide bonds. The molecule has 2 aromatic heterocycles. The lowest BCUT2D eigenvalue weighted by Gasteiger charge is -2.40. The number of hydrogen-bond donors (Lipinski definition) is 0. The summed E-state index contributed by atoms with van der Waals surface area (Å²) in [4.78, 5) is 0. The van der Waals surface area contributed by atoms with E-state index >= 15 is 0 Å². The van der Waals surface area contributed by atoms with E-state index in [4.69, 9.17) is 8.83 Å². The first-order valence-electron chi connectivity index (χ1n) is 17.6. The molecule has 0 fully saturated rings. The third kappa shape index (κ3) is 3.63. The van der Waals surface area contributed by atoms with Crippen LogP contribution in [0.2, 0.25) is 0 Å². The highest BCUT2D eigenvalue weighted by atomic mass is 16.3. The molecule has 2 nitrogen and oxygen atoms in total. The molecule has 2 heterocycles. The topological polar surface area (TPSA) is 26.3 Å². The lowest BCUT2D eigenvalue weighted by atomic mass is 9.63. The molecule has 0 aliphatic heterocycles. The molecule has 48 heavy (non-hydrogen) atoms. The first kappa shape index (κ1) is 26.7. The standard InChI is InChI=1S/C46H34O2/c1-7-21-35-27(13-1)37(25-39-29-15-9-11-23-41(29)47-45(35)39)43-31-17-3-5-19-33(31)44(34-20-6-4-18-32(34)43)38-26-40-30-16-10-12-24-42(30)48-46(40)36-22-8-2-14-28(36)38/h1-5,9-19,23-26,32,43H,6-8,20-22H2. The summed E-state index contributed by atoms with van der Waals surface area (Å²) in [5.41, 5.74) is 18.1. The van der Waals surface area contributed by atoms with E-state index in [0.717, 1.165) is 60.9 Å². The largest absolute Gasteiger partial charge is 0.456 e. The van der Waals surface area contributed by atoms with E-state index < -0.39 is 0 Å². The van der Waals surface area contributed by atoms with Gasteiger partial charge in [0.05, 0.1) is 0 Å². The Morgan fingerprint density at radius 1 is 0.521 bits per heavy atom. The van der Waals surface area contributed by atoms with E-state index in [2.05, 4.69) is 121 Å². The highest BCUT2D eigenvalue weighted by Gasteiger charge is 2.39. The molecular weight excluding hydrogens is 585 g/mol. The quantitative estimate of drug-likeness (QED) is 0.180. The van der Waals surface area contributed by atoms with Crippen molar-refractivity contribution in [2.45, 2.75) is 44.4 Å². The Balaban J connectivity index is 1.22. The molecule has 2 atom stereocenters. The van der Waals surface area contributed by atoms with Crippen molar-refractivity contribution in [3.8, 4) is 0 Å². The highest BCUT2D eigenvalue weighted by molar-refractivity contribution is 6.10. The summed E-state index contributed by atoms with van der Waals surface area (Å²) < 4.78 is 13.2. The van der Waals surface area contributed by atoms with Crippen molar-refractivity contribution in [2.24, 2.45) is 5.92 Å². The van der Waals surface area contributed by atoms with E-state index in [0.29, 0.717) is 0 Å². The summed E-state index contributed by atoms with van der Waals surface area (Å²) in [7, 11) is 0. The lowest BCUT2D eigenvalue weighted by Crippen LogP contribution is -2.25. The molecule has 2 heteroatoms. The van der Waals surface area contributed by atoms with Crippen LogP contribution in [-0.2, 0) is 12.8 Å². The Kier molecular flexibility index (Phi) is 5.61. The second-order valence-corrected chi connectivity index (χ2v) is 14.0. The van der Waals surface area contributed by atoms with E-state index in [1.807, 2.05) is 0 Å². The Bertz CT molecular complexity index is 2630. The summed E-state index contributed by atoms with van der Waals surface area (Å²) in [5, 5.41) is 4.91. The Morgan fingerprint density at radius 3 is 1.92 bits per heavy atom. The molecule has 0 spiro atoms. The zero-order valence-corrected chi connectivity index (χ0v) is 26.8. The van der Waals surface area contributed by atoms with Gasteiger partial charge in [0, 0.05) is 44.5 Å². The van der Waals surface area contributed by atoms with Gasteiger partial charge in [0.25, 0.3) is 0 Å². The van der Waals surface area contributed by atoms with Crippen molar-refractivity contribution < 1.29 is 8.83 Å². The van der Waals surface area contributed by atoms with Crippen molar-refractivity contribution in [1.82, 2.24) is 0 Å². The normalized spacial score (nSPS) is 19.7. The predicted octanol–water partition coefficient (Wildman–Crippen LogP) is 12.3. The van der Waals surface area contributed by atoms with Crippen LogP contribution in [0.25, 0.3) is 61.6 Å². The van der Waals surface area contributed by atoms with E-state index in [1.165, 1.54) is 71.6 Å². The Hall–Kier alpha value is -5.34. The van der Waals surface area contributed by atoms with Gasteiger partial charge in [0.1, 0.15) is 22.3 Å². The smallest absolute Gasteiger partial charge is 0.139 e. The molecule has 7 aromatic rings. The number of furan rings is 2. The maximum Gasteiger partial charge on any atom is 0.139 e. The number of rotatable bonds is 2. The van der Waals surface area contributed by atoms with Gasteiger partial charge in [0.2, 0.25) is 0 Å². The van der Waals surface area contributed by atoms with Crippen LogP contribution >= 0.6 is 0 Å². The number of benzene rings is 5. The molecule has 230 valence electrons. The number of aryl methyl sites for hydroxylation is 2. The van der Waals surface area contributed by atoms with Crippen LogP contribution < -0.4 is 0 Å². The fourth-order valence-corrected chi connectivity index (χ4v) is 9.52. The Labute approximate surface area is 279 Å². The third-order valence-electron chi connectivity index (χ3n) is 11.5. The van der Waals surface area contributed by atoms with Gasteiger partial charge in [-0.1, -0.05) is 103 Å². The zero-order valence-electron chi connectivity index (χ0n) is 26.8. The lowest BCUT2D eigenvalue weighted by molar-refractivity contribution is 0.594. The van der Waals surface area contributed by atoms with Gasteiger partial charge in [-0.05, 0) is 102 Å². The maximum atomic E-state index is 6.58. The fourth-order valence-electron chi connectivity index (χ4n) is 9.52. The monoisotopic (exact) mass is 618 g/mol. The van der Waals surface area contributed by atoms with Crippen LogP contribution in [0.1, 0.15) is 76.1 Å². The number of para-hydroxylation sites is 2. The third-order valence-corrected chi connectivity index (χ3v) is 11.5. The van der Waals surface area contributed by atoms with Crippen LogP contribution in [0.3, 0.4) is 0 Å². The van der Waals surface area contributed by atoms with Gasteiger partial charge in [-0.3, -0.25) is 0 Å². The van der Waals surface area contributed by atoms with Crippen LogP contribution in [-0.4, -0.2) is 0 Å². The molecule has 4 aliphatic carbocycles. The minimum absolute atomic E-state index is 0.218. The molecule has 4 aliphatic rings. The predicted molar refractivity (Wildman–Crippen MR) is 198 cm³/mol. The van der Waals surface area contributed by atoms with E-state index in [1.54, 1.807) is 5.57 Å². The SMILES string of the molecule is C1=CC2C(=C(c3cc4c(oc5ccccc54)c4c3C=CCC4)c3ccccc3C2c2cc3c(oc4ccccc43)c3c2C=CCC3)CC1. The van der Waals surface area contributed by atoms with E-state index in [9.17, 15) is 0 Å². The summed E-state index contributed by atoms with van der Waals surface area (Å²) in [6, 6.07) is 31.3. The average molecular weight is 619 g/mol. The van der Waals surface area contributed by atoms with Gasteiger partial charge in [-0.15, -0.1) is 0 Å². The van der Waals surface area contributed by atoms with E-state index in [-0.39, 0.29) is 11.8 Å². The van der Waals surface area contributed by atoms with Crippen molar-refractivity contribution >= 4 is 61.6 Å². The molecule has 0 radical (unpaired) electrons.